The van der Waals surface area contributed by atoms with Crippen LogP contribution in [0, 0.1) is 0 Å². The Kier molecular flexibility index (Phi) is 6.40. The molecule has 3 heterocycles. The van der Waals surface area contributed by atoms with Gasteiger partial charge in [0.2, 0.25) is 0 Å². The fourth-order valence-corrected chi connectivity index (χ4v) is 3.09. The molecule has 0 aliphatic heterocycles. The Labute approximate surface area is 156 Å². The van der Waals surface area contributed by atoms with E-state index in [1.807, 2.05) is 56.6 Å². The molecule has 6 nitrogen and oxygen atoms in total. The van der Waals surface area contributed by atoms with Crippen molar-refractivity contribution < 1.29 is 9.57 Å². The van der Waals surface area contributed by atoms with Gasteiger partial charge in [-0.25, -0.2) is 9.97 Å². The van der Waals surface area contributed by atoms with Crippen molar-refractivity contribution in [3.63, 3.8) is 0 Å². The molecule has 3 aromatic heterocycles. The van der Waals surface area contributed by atoms with Gasteiger partial charge >= 0.3 is 0 Å². The summed E-state index contributed by atoms with van der Waals surface area (Å²) in [7, 11) is 0. The molecule has 7 heteroatoms. The van der Waals surface area contributed by atoms with Crippen LogP contribution in [-0.4, -0.2) is 40.5 Å². The van der Waals surface area contributed by atoms with Gasteiger partial charge < -0.3 is 9.57 Å². The first-order chi connectivity index (χ1) is 12.8. The number of oxime groups is 1. The van der Waals surface area contributed by atoms with E-state index >= 15 is 0 Å². The summed E-state index contributed by atoms with van der Waals surface area (Å²) in [5, 5.41) is 5.03. The number of rotatable bonds is 8. The van der Waals surface area contributed by atoms with Gasteiger partial charge in [-0.05, 0) is 38.1 Å². The first-order valence-electron chi connectivity index (χ1n) is 8.36. The molecular formula is C19H20N4O2S. The summed E-state index contributed by atoms with van der Waals surface area (Å²) < 4.78 is 5.22. The van der Waals surface area contributed by atoms with Crippen LogP contribution in [0.2, 0.25) is 0 Å². The Morgan fingerprint density at radius 2 is 2.08 bits per heavy atom. The van der Waals surface area contributed by atoms with Crippen molar-refractivity contribution in [1.82, 2.24) is 15.0 Å². The van der Waals surface area contributed by atoms with E-state index in [2.05, 4.69) is 20.1 Å². The first-order valence-corrected chi connectivity index (χ1v) is 9.18. The largest absolute Gasteiger partial charge is 0.393 e. The van der Waals surface area contributed by atoms with Crippen LogP contribution in [0.3, 0.4) is 0 Å². The maximum atomic E-state index is 5.27. The minimum Gasteiger partial charge on any atom is -0.393 e. The van der Waals surface area contributed by atoms with Crippen LogP contribution < -0.4 is 0 Å². The topological polar surface area (TPSA) is 69.5 Å². The highest BCUT2D eigenvalue weighted by Crippen LogP contribution is 2.30. The summed E-state index contributed by atoms with van der Waals surface area (Å²) in [6.45, 7) is 5.45. The summed E-state index contributed by atoms with van der Waals surface area (Å²) in [6.07, 6.45) is 5.40. The molecule has 3 rings (SSSR count). The molecule has 0 amide bonds. The van der Waals surface area contributed by atoms with Crippen molar-refractivity contribution in [2.45, 2.75) is 13.8 Å². The predicted octanol–water partition coefficient (Wildman–Crippen LogP) is 4.04. The smallest absolute Gasteiger partial charge is 0.140 e. The Balaban J connectivity index is 1.73. The molecule has 0 aliphatic rings. The Morgan fingerprint density at radius 3 is 2.88 bits per heavy atom. The summed E-state index contributed by atoms with van der Waals surface area (Å²) in [5.41, 5.74) is 3.36. The third-order valence-electron chi connectivity index (χ3n) is 3.51. The highest BCUT2D eigenvalue weighted by atomic mass is 32.1. The predicted molar refractivity (Wildman–Crippen MR) is 103 cm³/mol. The number of nitrogens with zero attached hydrogens (tertiary/aromatic N) is 4. The second-order valence-corrected chi connectivity index (χ2v) is 6.42. The van der Waals surface area contributed by atoms with Crippen LogP contribution >= 0.6 is 11.3 Å². The Bertz CT molecular complexity index is 865. The van der Waals surface area contributed by atoms with Gasteiger partial charge in [-0.2, -0.15) is 0 Å². The van der Waals surface area contributed by atoms with Crippen LogP contribution in [-0.2, 0) is 9.57 Å². The van der Waals surface area contributed by atoms with E-state index < -0.39 is 0 Å². The molecule has 0 bridgehead atoms. The SMILES string of the molecule is CCOCCO/N=C(\C)c1cccc(-c2cnc(-c3cccnc3)s2)n1. The second-order valence-electron chi connectivity index (χ2n) is 5.39. The van der Waals surface area contributed by atoms with E-state index in [9.17, 15) is 0 Å². The lowest BCUT2D eigenvalue weighted by Gasteiger charge is -2.04. The van der Waals surface area contributed by atoms with Gasteiger partial charge in [-0.3, -0.25) is 4.98 Å². The average Bonchev–Trinajstić information content (AvgIpc) is 3.19. The molecule has 0 atom stereocenters. The molecule has 0 fully saturated rings. The molecule has 0 radical (unpaired) electrons. The zero-order chi connectivity index (χ0) is 18.2. The summed E-state index contributed by atoms with van der Waals surface area (Å²) in [5.74, 6) is 0. The van der Waals surface area contributed by atoms with Crippen molar-refractivity contribution in [3.8, 4) is 21.1 Å². The fourth-order valence-electron chi connectivity index (χ4n) is 2.22. The number of thiazole rings is 1. The molecule has 0 aliphatic carbocycles. The van der Waals surface area contributed by atoms with E-state index in [0.29, 0.717) is 19.8 Å². The van der Waals surface area contributed by atoms with Crippen molar-refractivity contribution >= 4 is 17.0 Å². The van der Waals surface area contributed by atoms with Gasteiger partial charge in [0.05, 0.1) is 22.9 Å². The highest BCUT2D eigenvalue weighted by molar-refractivity contribution is 7.18. The third kappa shape index (κ3) is 4.71. The van der Waals surface area contributed by atoms with Crippen molar-refractivity contribution in [3.05, 3.63) is 54.6 Å². The lowest BCUT2D eigenvalue weighted by atomic mass is 10.2. The van der Waals surface area contributed by atoms with Crippen molar-refractivity contribution in [2.24, 2.45) is 5.16 Å². The normalized spacial score (nSPS) is 11.5. The lowest BCUT2D eigenvalue weighted by Crippen LogP contribution is -2.04. The molecular weight excluding hydrogens is 348 g/mol. The lowest BCUT2D eigenvalue weighted by molar-refractivity contribution is 0.0561. The molecule has 0 saturated heterocycles. The fraction of sp³-hybridized carbons (Fsp3) is 0.263. The maximum absolute atomic E-state index is 5.27. The zero-order valence-electron chi connectivity index (χ0n) is 14.8. The van der Waals surface area contributed by atoms with Crippen LogP contribution in [0.1, 0.15) is 19.5 Å². The van der Waals surface area contributed by atoms with Gasteiger partial charge in [-0.15, -0.1) is 11.3 Å². The third-order valence-corrected chi connectivity index (χ3v) is 4.58. The summed E-state index contributed by atoms with van der Waals surface area (Å²) >= 11 is 1.59. The second kappa shape index (κ2) is 9.17. The van der Waals surface area contributed by atoms with E-state index in [0.717, 1.165) is 32.5 Å². The van der Waals surface area contributed by atoms with Gasteiger partial charge in [-0.1, -0.05) is 11.2 Å². The van der Waals surface area contributed by atoms with Crippen LogP contribution in [0.25, 0.3) is 21.1 Å². The molecule has 0 aromatic carbocycles. The van der Waals surface area contributed by atoms with Crippen molar-refractivity contribution in [2.75, 3.05) is 19.8 Å². The Hall–Kier alpha value is -2.64. The molecule has 0 N–H and O–H groups in total. The highest BCUT2D eigenvalue weighted by Gasteiger charge is 2.09. The number of hydrogen-bond acceptors (Lipinski definition) is 7. The van der Waals surface area contributed by atoms with Gasteiger partial charge in [0.15, 0.2) is 0 Å². The van der Waals surface area contributed by atoms with E-state index in [1.54, 1.807) is 17.5 Å². The molecule has 26 heavy (non-hydrogen) atoms. The number of ether oxygens (including phenoxy) is 1. The van der Waals surface area contributed by atoms with E-state index in [4.69, 9.17) is 9.57 Å². The Morgan fingerprint density at radius 1 is 1.15 bits per heavy atom. The summed E-state index contributed by atoms with van der Waals surface area (Å²) in [6, 6.07) is 9.74. The minimum atomic E-state index is 0.425. The molecule has 0 spiro atoms. The van der Waals surface area contributed by atoms with Crippen molar-refractivity contribution in [1.29, 1.82) is 0 Å². The van der Waals surface area contributed by atoms with Crippen LogP contribution in [0.15, 0.2) is 54.1 Å². The first kappa shape index (κ1) is 18.2. The number of hydrogen-bond donors (Lipinski definition) is 0. The standard InChI is InChI=1S/C19H20N4O2S/c1-3-24-10-11-25-23-14(2)16-7-4-8-17(22-16)18-13-21-19(26-18)15-6-5-9-20-12-15/h4-9,12-13H,3,10-11H2,1-2H3/b23-14+. The van der Waals surface area contributed by atoms with Crippen LogP contribution in [0.4, 0.5) is 0 Å². The van der Waals surface area contributed by atoms with Crippen LogP contribution in [0.5, 0.6) is 0 Å². The maximum Gasteiger partial charge on any atom is 0.140 e. The van der Waals surface area contributed by atoms with E-state index in [-0.39, 0.29) is 0 Å². The molecule has 0 unspecified atom stereocenters. The number of pyridine rings is 2. The van der Waals surface area contributed by atoms with E-state index in [1.165, 1.54) is 0 Å². The van der Waals surface area contributed by atoms with Gasteiger partial charge in [0, 0.05) is 30.8 Å². The minimum absolute atomic E-state index is 0.425. The quantitative estimate of drug-likeness (QED) is 0.341. The summed E-state index contributed by atoms with van der Waals surface area (Å²) in [4.78, 5) is 19.6. The molecule has 134 valence electrons. The molecule has 0 saturated carbocycles. The number of aromatic nitrogens is 3. The monoisotopic (exact) mass is 368 g/mol. The van der Waals surface area contributed by atoms with Gasteiger partial charge in [0.25, 0.3) is 0 Å². The molecule has 3 aromatic rings. The van der Waals surface area contributed by atoms with Gasteiger partial charge in [0.1, 0.15) is 17.3 Å². The zero-order valence-corrected chi connectivity index (χ0v) is 15.6. The average molecular weight is 368 g/mol.